The minimum Gasteiger partial charge on any atom is -0.357 e. The average molecular weight is 221 g/mol. The average Bonchev–Trinajstić information content (AvgIpc) is 2.79. The second kappa shape index (κ2) is 4.00. The number of rotatable bonds is 3. The Hall–Kier alpha value is -1.78. The number of carbonyl (C=O) groups is 2. The molecular weight excluding hydrogens is 206 g/mol. The van der Waals surface area contributed by atoms with Gasteiger partial charge in [-0.25, -0.2) is 4.79 Å². The monoisotopic (exact) mass is 221 g/mol. The summed E-state index contributed by atoms with van der Waals surface area (Å²) in [6.45, 7) is 1.50. The SMILES string of the molecule is CN1CCN(CC(=O)c2ccn(C)c2)C1=O. The first-order valence-corrected chi connectivity index (χ1v) is 5.23. The molecular formula is C11H15N3O2. The number of hydrogen-bond donors (Lipinski definition) is 0. The van der Waals surface area contributed by atoms with E-state index in [4.69, 9.17) is 0 Å². The lowest BCUT2D eigenvalue weighted by atomic mass is 10.2. The van der Waals surface area contributed by atoms with Crippen LogP contribution in [0.15, 0.2) is 18.5 Å². The van der Waals surface area contributed by atoms with Gasteiger partial charge >= 0.3 is 6.03 Å². The summed E-state index contributed by atoms with van der Waals surface area (Å²) in [7, 11) is 3.61. The van der Waals surface area contributed by atoms with E-state index in [2.05, 4.69) is 0 Å². The summed E-state index contributed by atoms with van der Waals surface area (Å²) in [4.78, 5) is 26.6. The topological polar surface area (TPSA) is 45.5 Å². The van der Waals surface area contributed by atoms with Gasteiger partial charge in [0.05, 0.1) is 6.54 Å². The quantitative estimate of drug-likeness (QED) is 0.701. The Labute approximate surface area is 94.2 Å². The number of ketones is 1. The van der Waals surface area contributed by atoms with E-state index in [-0.39, 0.29) is 18.4 Å². The van der Waals surface area contributed by atoms with E-state index in [0.29, 0.717) is 18.7 Å². The highest BCUT2D eigenvalue weighted by atomic mass is 16.2. The van der Waals surface area contributed by atoms with Crippen molar-refractivity contribution in [3.05, 3.63) is 24.0 Å². The lowest BCUT2D eigenvalue weighted by Gasteiger charge is -2.14. The third kappa shape index (κ3) is 1.93. The summed E-state index contributed by atoms with van der Waals surface area (Å²) < 4.78 is 1.82. The van der Waals surface area contributed by atoms with E-state index in [1.807, 2.05) is 17.8 Å². The molecule has 1 aromatic heterocycles. The summed E-state index contributed by atoms with van der Waals surface area (Å²) in [6.07, 6.45) is 3.59. The van der Waals surface area contributed by atoms with Crippen molar-refractivity contribution in [1.29, 1.82) is 0 Å². The van der Waals surface area contributed by atoms with Crippen LogP contribution in [0.1, 0.15) is 10.4 Å². The predicted molar refractivity (Wildman–Crippen MR) is 59.3 cm³/mol. The van der Waals surface area contributed by atoms with Gasteiger partial charge in [0.1, 0.15) is 0 Å². The van der Waals surface area contributed by atoms with Crippen molar-refractivity contribution in [2.24, 2.45) is 7.05 Å². The van der Waals surface area contributed by atoms with E-state index < -0.39 is 0 Å². The molecule has 0 spiro atoms. The van der Waals surface area contributed by atoms with Crippen LogP contribution in [0.3, 0.4) is 0 Å². The van der Waals surface area contributed by atoms with Gasteiger partial charge in [-0.2, -0.15) is 0 Å². The maximum absolute atomic E-state index is 11.8. The third-order valence-electron chi connectivity index (χ3n) is 2.79. The van der Waals surface area contributed by atoms with Gasteiger partial charge in [0.15, 0.2) is 5.78 Å². The van der Waals surface area contributed by atoms with Gasteiger partial charge in [0.25, 0.3) is 0 Å². The number of amides is 2. The van der Waals surface area contributed by atoms with E-state index >= 15 is 0 Å². The molecule has 0 radical (unpaired) electrons. The van der Waals surface area contributed by atoms with Gasteiger partial charge in [-0.3, -0.25) is 4.79 Å². The molecule has 5 nitrogen and oxygen atoms in total. The van der Waals surface area contributed by atoms with Crippen LogP contribution in [-0.2, 0) is 7.05 Å². The number of carbonyl (C=O) groups excluding carboxylic acids is 2. The van der Waals surface area contributed by atoms with Crippen LogP contribution in [-0.4, -0.2) is 52.9 Å². The molecule has 1 aromatic rings. The maximum Gasteiger partial charge on any atom is 0.320 e. The summed E-state index contributed by atoms with van der Waals surface area (Å²) >= 11 is 0. The Morgan fingerprint density at radius 2 is 2.12 bits per heavy atom. The molecule has 0 atom stereocenters. The molecule has 2 amide bonds. The Kier molecular flexibility index (Phi) is 2.68. The van der Waals surface area contributed by atoms with Gasteiger partial charge in [-0.05, 0) is 6.07 Å². The Morgan fingerprint density at radius 3 is 2.62 bits per heavy atom. The number of likely N-dealkylation sites (N-methyl/N-ethyl adjacent to an activating group) is 1. The number of urea groups is 1. The molecule has 0 saturated carbocycles. The summed E-state index contributed by atoms with van der Waals surface area (Å²) in [5.74, 6) is -0.00995. The number of nitrogens with zero attached hydrogens (tertiary/aromatic N) is 3. The Morgan fingerprint density at radius 1 is 1.38 bits per heavy atom. The van der Waals surface area contributed by atoms with Crippen LogP contribution in [0.25, 0.3) is 0 Å². The smallest absolute Gasteiger partial charge is 0.320 e. The third-order valence-corrected chi connectivity index (χ3v) is 2.79. The maximum atomic E-state index is 11.8. The minimum atomic E-state index is -0.0655. The summed E-state index contributed by atoms with van der Waals surface area (Å²) in [5, 5.41) is 0. The van der Waals surface area contributed by atoms with E-state index in [0.717, 1.165) is 0 Å². The number of aryl methyl sites for hydroxylation is 1. The van der Waals surface area contributed by atoms with E-state index in [9.17, 15) is 9.59 Å². The standard InChI is InChI=1S/C11H15N3O2/c1-12-4-3-9(7-12)10(15)8-14-6-5-13(2)11(14)16/h3-4,7H,5-6,8H2,1-2H3. The molecule has 1 aliphatic heterocycles. The molecule has 0 unspecified atom stereocenters. The van der Waals surface area contributed by atoms with Gasteiger partial charge in [0, 0.05) is 45.1 Å². The van der Waals surface area contributed by atoms with Crippen LogP contribution >= 0.6 is 0 Å². The van der Waals surface area contributed by atoms with Crippen LogP contribution in [0, 0.1) is 0 Å². The second-order valence-corrected chi connectivity index (χ2v) is 4.11. The van der Waals surface area contributed by atoms with Gasteiger partial charge in [-0.1, -0.05) is 0 Å². The minimum absolute atomic E-state index is 0.00995. The predicted octanol–water partition coefficient (Wildman–Crippen LogP) is 0.575. The largest absolute Gasteiger partial charge is 0.357 e. The molecule has 5 heteroatoms. The molecule has 0 N–H and O–H groups in total. The zero-order valence-electron chi connectivity index (χ0n) is 9.51. The van der Waals surface area contributed by atoms with Crippen LogP contribution < -0.4 is 0 Å². The lowest BCUT2D eigenvalue weighted by molar-refractivity contribution is 0.0952. The first-order valence-electron chi connectivity index (χ1n) is 5.23. The zero-order chi connectivity index (χ0) is 11.7. The molecule has 2 rings (SSSR count). The molecule has 86 valence electrons. The van der Waals surface area contributed by atoms with Crippen LogP contribution in [0.2, 0.25) is 0 Å². The fourth-order valence-corrected chi connectivity index (χ4v) is 1.78. The van der Waals surface area contributed by atoms with Crippen molar-refractivity contribution in [2.75, 3.05) is 26.7 Å². The Bertz CT molecular complexity index is 425. The zero-order valence-corrected chi connectivity index (χ0v) is 9.51. The number of aromatic nitrogens is 1. The van der Waals surface area contributed by atoms with Crippen LogP contribution in [0.5, 0.6) is 0 Å². The van der Waals surface area contributed by atoms with Crippen molar-refractivity contribution in [3.8, 4) is 0 Å². The molecule has 1 aliphatic rings. The fourth-order valence-electron chi connectivity index (χ4n) is 1.78. The highest BCUT2D eigenvalue weighted by Gasteiger charge is 2.27. The van der Waals surface area contributed by atoms with Crippen molar-refractivity contribution < 1.29 is 9.59 Å². The molecule has 0 aromatic carbocycles. The molecule has 1 fully saturated rings. The summed E-state index contributed by atoms with van der Waals surface area (Å²) in [6, 6.07) is 1.70. The highest BCUT2D eigenvalue weighted by Crippen LogP contribution is 2.08. The second-order valence-electron chi connectivity index (χ2n) is 4.11. The van der Waals surface area contributed by atoms with Gasteiger partial charge in [-0.15, -0.1) is 0 Å². The van der Waals surface area contributed by atoms with Gasteiger partial charge < -0.3 is 14.4 Å². The highest BCUT2D eigenvalue weighted by molar-refractivity contribution is 5.99. The van der Waals surface area contributed by atoms with Crippen molar-refractivity contribution in [3.63, 3.8) is 0 Å². The molecule has 16 heavy (non-hydrogen) atoms. The van der Waals surface area contributed by atoms with Crippen molar-refractivity contribution in [1.82, 2.24) is 14.4 Å². The van der Waals surface area contributed by atoms with E-state index in [1.54, 1.807) is 29.1 Å². The molecule has 1 saturated heterocycles. The van der Waals surface area contributed by atoms with Crippen molar-refractivity contribution in [2.45, 2.75) is 0 Å². The molecule has 2 heterocycles. The first-order chi connectivity index (χ1) is 7.58. The van der Waals surface area contributed by atoms with Gasteiger partial charge in [0.2, 0.25) is 0 Å². The Balaban J connectivity index is 2.01. The lowest BCUT2D eigenvalue weighted by Crippen LogP contribution is -2.33. The fraction of sp³-hybridized carbons (Fsp3) is 0.455. The normalized spacial score (nSPS) is 16.0. The first kappa shape index (κ1) is 10.7. The van der Waals surface area contributed by atoms with E-state index in [1.165, 1.54) is 0 Å². The number of Topliss-reactive ketones (excluding diaryl/α,β-unsaturated/α-hetero) is 1. The van der Waals surface area contributed by atoms with Crippen molar-refractivity contribution >= 4 is 11.8 Å². The molecule has 0 bridgehead atoms. The molecule has 0 aliphatic carbocycles. The number of hydrogen-bond acceptors (Lipinski definition) is 2. The summed E-state index contributed by atoms with van der Waals surface area (Å²) in [5.41, 5.74) is 0.657. The van der Waals surface area contributed by atoms with Crippen LogP contribution in [0.4, 0.5) is 4.79 Å².